The van der Waals surface area contributed by atoms with Crippen LogP contribution in [0.15, 0.2) is 35.1 Å². The Labute approximate surface area is 122 Å². The maximum absolute atomic E-state index is 12.4. The lowest BCUT2D eigenvalue weighted by molar-refractivity contribution is -0.648. The summed E-state index contributed by atoms with van der Waals surface area (Å²) in [7, 11) is 0. The van der Waals surface area contributed by atoms with Crippen LogP contribution in [0.5, 0.6) is 0 Å². The number of H-pyrrole nitrogens is 1. The average Bonchev–Trinajstić information content (AvgIpc) is 2.59. The zero-order chi connectivity index (χ0) is 15.4. The second kappa shape index (κ2) is 4.10. The summed E-state index contributed by atoms with van der Waals surface area (Å²) in [5, 5.41) is 0.552. The number of benzene rings is 1. The summed E-state index contributed by atoms with van der Waals surface area (Å²) in [5.41, 5.74) is -0.153. The van der Waals surface area contributed by atoms with Crippen LogP contribution in [0.25, 0.3) is 16.5 Å². The summed E-state index contributed by atoms with van der Waals surface area (Å²) in [4.78, 5) is 32.0. The van der Waals surface area contributed by atoms with E-state index < -0.39 is 11.1 Å². The van der Waals surface area contributed by atoms with Crippen LogP contribution in [0.2, 0.25) is 0 Å². The van der Waals surface area contributed by atoms with Gasteiger partial charge in [-0.2, -0.15) is 0 Å². The predicted octanol–water partition coefficient (Wildman–Crippen LogP) is 2.66. The fourth-order valence-corrected chi connectivity index (χ4v) is 2.99. The lowest BCUT2D eigenvalue weighted by Gasteiger charge is -2.16. The SMILES string of the molecule is CC1(C)C=C(c2nc3ccccc3c(=O)[nH]2)C(C)(C)[N+]1=O. The molecule has 1 N–H and O–H groups in total. The summed E-state index contributed by atoms with van der Waals surface area (Å²) in [6.45, 7) is 7.40. The Morgan fingerprint density at radius 3 is 2.43 bits per heavy atom. The number of aromatic nitrogens is 2. The molecule has 0 spiro atoms. The van der Waals surface area contributed by atoms with Crippen LogP contribution in [-0.4, -0.2) is 25.8 Å². The van der Waals surface area contributed by atoms with E-state index in [4.69, 9.17) is 0 Å². The largest absolute Gasteiger partial charge is 0.306 e. The number of aromatic amines is 1. The van der Waals surface area contributed by atoms with E-state index in [0.717, 1.165) is 10.3 Å². The molecule has 108 valence electrons. The first-order valence-electron chi connectivity index (χ1n) is 6.94. The van der Waals surface area contributed by atoms with Crippen molar-refractivity contribution in [3.63, 3.8) is 0 Å². The molecule has 2 heterocycles. The number of nitrogens with zero attached hydrogens (tertiary/aromatic N) is 2. The topological polar surface area (TPSA) is 65.8 Å². The van der Waals surface area contributed by atoms with Gasteiger partial charge in [0.2, 0.25) is 11.1 Å². The molecule has 0 atom stereocenters. The van der Waals surface area contributed by atoms with Gasteiger partial charge in [0.25, 0.3) is 5.56 Å². The molecule has 5 heteroatoms. The molecule has 0 saturated heterocycles. The summed E-state index contributed by atoms with van der Waals surface area (Å²) in [6, 6.07) is 7.19. The molecule has 0 amide bonds. The minimum absolute atomic E-state index is 0.186. The van der Waals surface area contributed by atoms with Crippen molar-refractivity contribution in [2.75, 3.05) is 0 Å². The van der Waals surface area contributed by atoms with Crippen LogP contribution < -0.4 is 5.56 Å². The summed E-state index contributed by atoms with van der Waals surface area (Å²) in [6.07, 6.45) is 1.88. The number of rotatable bonds is 1. The van der Waals surface area contributed by atoms with Crippen molar-refractivity contribution < 1.29 is 4.76 Å². The van der Waals surface area contributed by atoms with E-state index in [2.05, 4.69) is 9.97 Å². The van der Waals surface area contributed by atoms with Crippen LogP contribution in [0.3, 0.4) is 0 Å². The number of fused-ring (bicyclic) bond motifs is 1. The van der Waals surface area contributed by atoms with Crippen molar-refractivity contribution >= 4 is 16.5 Å². The van der Waals surface area contributed by atoms with E-state index in [1.54, 1.807) is 18.2 Å². The highest BCUT2D eigenvalue weighted by atomic mass is 16.3. The summed E-state index contributed by atoms with van der Waals surface area (Å²) >= 11 is 0. The molecule has 21 heavy (non-hydrogen) atoms. The predicted molar refractivity (Wildman–Crippen MR) is 82.1 cm³/mol. The number of hydrogen-bond donors (Lipinski definition) is 1. The van der Waals surface area contributed by atoms with Gasteiger partial charge in [0.05, 0.1) is 16.5 Å². The van der Waals surface area contributed by atoms with Crippen LogP contribution in [-0.2, 0) is 0 Å². The smallest absolute Gasteiger partial charge is 0.259 e. The van der Waals surface area contributed by atoms with Gasteiger partial charge in [-0.3, -0.25) is 4.79 Å². The van der Waals surface area contributed by atoms with Crippen LogP contribution in [0.4, 0.5) is 0 Å². The van der Waals surface area contributed by atoms with Crippen molar-refractivity contribution in [3.8, 4) is 0 Å². The molecule has 1 aromatic carbocycles. The molecule has 0 bridgehead atoms. The number of hydrogen-bond acceptors (Lipinski definition) is 3. The Morgan fingerprint density at radius 2 is 1.81 bits per heavy atom. The average molecular weight is 284 g/mol. The lowest BCUT2D eigenvalue weighted by Crippen LogP contribution is -2.40. The lowest BCUT2D eigenvalue weighted by atomic mass is 9.96. The highest BCUT2D eigenvalue weighted by Gasteiger charge is 2.55. The Bertz CT molecular complexity index is 844. The van der Waals surface area contributed by atoms with E-state index >= 15 is 0 Å². The van der Waals surface area contributed by atoms with Crippen LogP contribution in [0.1, 0.15) is 33.5 Å². The summed E-state index contributed by atoms with van der Waals surface area (Å²) < 4.78 is 1.05. The second-order valence-electron chi connectivity index (χ2n) is 6.50. The maximum Gasteiger partial charge on any atom is 0.259 e. The molecule has 1 aliphatic rings. The van der Waals surface area contributed by atoms with Crippen molar-refractivity contribution in [1.29, 1.82) is 0 Å². The highest BCUT2D eigenvalue weighted by molar-refractivity contribution is 5.80. The molecule has 2 aromatic rings. The fraction of sp³-hybridized carbons (Fsp3) is 0.375. The zero-order valence-electron chi connectivity index (χ0n) is 12.6. The normalized spacial score (nSPS) is 19.8. The number of nitroso groups, excluding NO2 is 1. The third-order valence-electron chi connectivity index (χ3n) is 4.06. The third-order valence-corrected chi connectivity index (χ3v) is 4.06. The van der Waals surface area contributed by atoms with Crippen LogP contribution >= 0.6 is 0 Å². The van der Waals surface area contributed by atoms with E-state index in [1.807, 2.05) is 39.8 Å². The van der Waals surface area contributed by atoms with Crippen molar-refractivity contribution in [1.82, 2.24) is 9.97 Å². The third kappa shape index (κ3) is 1.92. The highest BCUT2D eigenvalue weighted by Crippen LogP contribution is 2.40. The van der Waals surface area contributed by atoms with Gasteiger partial charge in [0.1, 0.15) is 5.82 Å². The van der Waals surface area contributed by atoms with Crippen LogP contribution in [0, 0.1) is 4.91 Å². The van der Waals surface area contributed by atoms with E-state index in [9.17, 15) is 9.70 Å². The van der Waals surface area contributed by atoms with Crippen molar-refractivity contribution in [2.45, 2.75) is 38.8 Å². The molecule has 5 nitrogen and oxygen atoms in total. The molecule has 0 aliphatic carbocycles. The standard InChI is InChI=1S/C16H17N3O2/c1-15(2)9-11(16(3,4)19(15)21)13-17-12-8-6-5-7-10(12)14(20)18-13/h5-9H,1-4H3/p+1. The monoisotopic (exact) mass is 284 g/mol. The number of para-hydroxylation sites is 1. The first-order chi connectivity index (χ1) is 9.73. The molecule has 0 saturated carbocycles. The Hall–Kier alpha value is -2.30. The van der Waals surface area contributed by atoms with Gasteiger partial charge in [-0.15, -0.1) is 0 Å². The maximum atomic E-state index is 12.4. The number of nitrogens with one attached hydrogen (secondary N) is 1. The van der Waals surface area contributed by atoms with Crippen molar-refractivity contribution in [3.05, 3.63) is 51.4 Å². The van der Waals surface area contributed by atoms with Gasteiger partial charge in [0.15, 0.2) is 0 Å². The van der Waals surface area contributed by atoms with E-state index in [0.29, 0.717) is 16.7 Å². The zero-order valence-corrected chi connectivity index (χ0v) is 12.6. The Morgan fingerprint density at radius 1 is 1.14 bits per heavy atom. The van der Waals surface area contributed by atoms with Gasteiger partial charge in [-0.25, -0.2) is 4.98 Å². The first-order valence-corrected chi connectivity index (χ1v) is 6.94. The van der Waals surface area contributed by atoms with E-state index in [1.165, 1.54) is 0 Å². The molecule has 0 unspecified atom stereocenters. The molecule has 0 fully saturated rings. The van der Waals surface area contributed by atoms with Gasteiger partial charge in [0, 0.05) is 43.4 Å². The fourth-order valence-electron chi connectivity index (χ4n) is 2.99. The van der Waals surface area contributed by atoms with Gasteiger partial charge < -0.3 is 4.98 Å². The minimum atomic E-state index is -0.734. The Balaban J connectivity index is 2.26. The van der Waals surface area contributed by atoms with E-state index in [-0.39, 0.29) is 5.56 Å². The molecule has 0 radical (unpaired) electrons. The van der Waals surface area contributed by atoms with Gasteiger partial charge in [-0.1, -0.05) is 12.1 Å². The van der Waals surface area contributed by atoms with Gasteiger partial charge >= 0.3 is 0 Å². The molecular weight excluding hydrogens is 266 g/mol. The Kier molecular flexibility index (Phi) is 2.67. The first kappa shape index (κ1) is 13.7. The summed E-state index contributed by atoms with van der Waals surface area (Å²) in [5.74, 6) is 0.468. The molecular formula is C16H18N3O2+. The second-order valence-corrected chi connectivity index (χ2v) is 6.50. The minimum Gasteiger partial charge on any atom is -0.306 e. The van der Waals surface area contributed by atoms with Crippen molar-refractivity contribution in [2.24, 2.45) is 0 Å². The molecule has 1 aliphatic heterocycles. The van der Waals surface area contributed by atoms with Gasteiger partial charge in [-0.05, 0) is 12.1 Å². The molecule has 3 rings (SSSR count). The molecule has 1 aromatic heterocycles. The quantitative estimate of drug-likeness (QED) is 0.819.